The molecule has 0 atom stereocenters. The lowest BCUT2D eigenvalue weighted by Crippen LogP contribution is -2.15. The fraction of sp³-hybridized carbons (Fsp3) is 0. The van der Waals surface area contributed by atoms with Crippen molar-refractivity contribution in [3.8, 4) is 0 Å². The van der Waals surface area contributed by atoms with E-state index in [0.717, 1.165) is 12.3 Å². The maximum absolute atomic E-state index is 13.5. The van der Waals surface area contributed by atoms with Crippen LogP contribution < -0.4 is 10.5 Å². The van der Waals surface area contributed by atoms with Gasteiger partial charge in [0.2, 0.25) is 0 Å². The van der Waals surface area contributed by atoms with Crippen LogP contribution in [-0.2, 0) is 10.0 Å². The third-order valence-corrected chi connectivity index (χ3v) is 4.02. The summed E-state index contributed by atoms with van der Waals surface area (Å²) in [5.41, 5.74) is 5.28. The molecule has 19 heavy (non-hydrogen) atoms. The molecule has 100 valence electrons. The highest BCUT2D eigenvalue weighted by molar-refractivity contribution is 9.10. The van der Waals surface area contributed by atoms with Gasteiger partial charge in [0.15, 0.2) is 0 Å². The van der Waals surface area contributed by atoms with E-state index in [1.807, 2.05) is 0 Å². The Morgan fingerprint density at radius 3 is 2.68 bits per heavy atom. The van der Waals surface area contributed by atoms with Crippen molar-refractivity contribution in [3.63, 3.8) is 0 Å². The highest BCUT2D eigenvalue weighted by atomic mass is 79.9. The molecular weight excluding hydrogens is 337 g/mol. The van der Waals surface area contributed by atoms with Crippen molar-refractivity contribution in [2.75, 3.05) is 10.5 Å². The molecule has 0 bridgehead atoms. The third-order valence-electron chi connectivity index (χ3n) is 2.27. The highest BCUT2D eigenvalue weighted by Gasteiger charge is 2.18. The smallest absolute Gasteiger partial charge is 0.263 e. The number of nitrogens with two attached hydrogens (primary N) is 1. The van der Waals surface area contributed by atoms with Gasteiger partial charge in [-0.3, -0.25) is 9.71 Å². The largest absolute Gasteiger partial charge is 0.397 e. The first kappa shape index (κ1) is 13.8. The number of pyridine rings is 1. The minimum Gasteiger partial charge on any atom is -0.397 e. The normalized spacial score (nSPS) is 11.3. The summed E-state index contributed by atoms with van der Waals surface area (Å²) in [5.74, 6) is -0.744. The van der Waals surface area contributed by atoms with Crippen molar-refractivity contribution in [2.45, 2.75) is 4.90 Å². The molecule has 0 aliphatic rings. The summed E-state index contributed by atoms with van der Waals surface area (Å²) in [7, 11) is -3.94. The van der Waals surface area contributed by atoms with Gasteiger partial charge in [-0.15, -0.1) is 0 Å². The van der Waals surface area contributed by atoms with Crippen molar-refractivity contribution >= 4 is 37.3 Å². The standard InChI is InChI=1S/C11H9BrFN3O2S/c12-7-4-8(6-15-5-7)19(17,18)16-11-9(13)2-1-3-10(11)14/h1-6,16H,14H2. The van der Waals surface area contributed by atoms with Crippen LogP contribution in [0.5, 0.6) is 0 Å². The van der Waals surface area contributed by atoms with E-state index in [2.05, 4.69) is 25.6 Å². The molecule has 0 saturated carbocycles. The lowest BCUT2D eigenvalue weighted by Gasteiger charge is -2.11. The number of rotatable bonds is 3. The van der Waals surface area contributed by atoms with Crippen molar-refractivity contribution in [2.24, 2.45) is 0 Å². The Morgan fingerprint density at radius 2 is 2.05 bits per heavy atom. The number of sulfonamides is 1. The van der Waals surface area contributed by atoms with Gasteiger partial charge in [-0.2, -0.15) is 0 Å². The summed E-state index contributed by atoms with van der Waals surface area (Å²) < 4.78 is 40.3. The van der Waals surface area contributed by atoms with Crippen LogP contribution in [0.2, 0.25) is 0 Å². The maximum atomic E-state index is 13.5. The average Bonchev–Trinajstić information content (AvgIpc) is 2.34. The monoisotopic (exact) mass is 345 g/mol. The van der Waals surface area contributed by atoms with Gasteiger partial charge in [-0.1, -0.05) is 6.07 Å². The van der Waals surface area contributed by atoms with E-state index in [0.29, 0.717) is 4.47 Å². The number of hydrogen-bond donors (Lipinski definition) is 2. The Kier molecular flexibility index (Phi) is 3.72. The lowest BCUT2D eigenvalue weighted by atomic mass is 10.3. The predicted molar refractivity (Wildman–Crippen MR) is 73.6 cm³/mol. The minimum absolute atomic E-state index is 0.00605. The Labute approximate surface area is 117 Å². The second-order valence-electron chi connectivity index (χ2n) is 3.65. The van der Waals surface area contributed by atoms with Gasteiger partial charge in [0, 0.05) is 16.9 Å². The number of para-hydroxylation sites is 1. The van der Waals surface area contributed by atoms with Gasteiger partial charge in [-0.25, -0.2) is 12.8 Å². The molecular formula is C11H9BrFN3O2S. The topological polar surface area (TPSA) is 85.1 Å². The number of nitrogens with zero attached hydrogens (tertiary/aromatic N) is 1. The molecule has 2 aromatic rings. The SMILES string of the molecule is Nc1cccc(F)c1NS(=O)(=O)c1cncc(Br)c1. The number of benzene rings is 1. The summed E-state index contributed by atoms with van der Waals surface area (Å²) in [6.07, 6.45) is 2.60. The highest BCUT2D eigenvalue weighted by Crippen LogP contribution is 2.25. The number of aromatic nitrogens is 1. The first-order valence-corrected chi connectivity index (χ1v) is 7.35. The number of anilines is 2. The second-order valence-corrected chi connectivity index (χ2v) is 6.25. The van der Waals surface area contributed by atoms with Crippen LogP contribution in [0.4, 0.5) is 15.8 Å². The quantitative estimate of drug-likeness (QED) is 0.836. The van der Waals surface area contributed by atoms with Crippen molar-refractivity contribution in [1.29, 1.82) is 0 Å². The lowest BCUT2D eigenvalue weighted by molar-refractivity contribution is 0.598. The number of nitrogen functional groups attached to an aromatic ring is 1. The Bertz CT molecular complexity index is 701. The summed E-state index contributed by atoms with van der Waals surface area (Å²) in [6.45, 7) is 0. The number of halogens is 2. The van der Waals surface area contributed by atoms with Gasteiger partial charge in [0.1, 0.15) is 16.4 Å². The zero-order valence-corrected chi connectivity index (χ0v) is 11.9. The van der Waals surface area contributed by atoms with Crippen molar-refractivity contribution in [3.05, 3.63) is 46.9 Å². The van der Waals surface area contributed by atoms with Crippen LogP contribution in [0.1, 0.15) is 0 Å². The number of hydrogen-bond acceptors (Lipinski definition) is 4. The van der Waals surface area contributed by atoms with Crippen molar-refractivity contribution < 1.29 is 12.8 Å². The summed E-state index contributed by atoms with van der Waals surface area (Å²) in [4.78, 5) is 3.65. The zero-order valence-electron chi connectivity index (χ0n) is 9.47. The molecule has 1 aromatic carbocycles. The van der Waals surface area contributed by atoms with Gasteiger partial charge < -0.3 is 5.73 Å². The van der Waals surface area contributed by atoms with E-state index < -0.39 is 15.8 Å². The molecule has 0 saturated heterocycles. The van der Waals surface area contributed by atoms with Crippen LogP contribution in [0.25, 0.3) is 0 Å². The fourth-order valence-electron chi connectivity index (χ4n) is 1.38. The Hall–Kier alpha value is -1.67. The molecule has 0 fully saturated rings. The molecule has 0 aliphatic heterocycles. The third kappa shape index (κ3) is 3.02. The molecule has 8 heteroatoms. The molecule has 0 amide bonds. The van der Waals surface area contributed by atoms with Gasteiger partial charge >= 0.3 is 0 Å². The summed E-state index contributed by atoms with van der Waals surface area (Å²) in [6, 6.07) is 5.27. The average molecular weight is 346 g/mol. The van der Waals surface area contributed by atoms with Crippen LogP contribution in [-0.4, -0.2) is 13.4 Å². The first-order valence-electron chi connectivity index (χ1n) is 5.07. The van der Waals surface area contributed by atoms with Gasteiger partial charge in [0.05, 0.1) is 5.69 Å². The Balaban J connectivity index is 2.42. The molecule has 3 N–H and O–H groups in total. The molecule has 1 heterocycles. The van der Waals surface area contributed by atoms with E-state index in [4.69, 9.17) is 5.73 Å². The second kappa shape index (κ2) is 5.14. The van der Waals surface area contributed by atoms with Crippen LogP contribution in [0, 0.1) is 5.82 Å². The molecule has 2 rings (SSSR count). The zero-order chi connectivity index (χ0) is 14.0. The maximum Gasteiger partial charge on any atom is 0.263 e. The molecule has 0 aliphatic carbocycles. The molecule has 0 unspecified atom stereocenters. The molecule has 0 radical (unpaired) electrons. The minimum atomic E-state index is -3.94. The van der Waals surface area contributed by atoms with E-state index >= 15 is 0 Å². The van der Waals surface area contributed by atoms with Crippen LogP contribution in [0.3, 0.4) is 0 Å². The Morgan fingerprint density at radius 1 is 1.32 bits per heavy atom. The van der Waals surface area contributed by atoms with E-state index in [1.165, 1.54) is 24.4 Å². The molecule has 5 nitrogen and oxygen atoms in total. The van der Waals surface area contributed by atoms with Crippen LogP contribution >= 0.6 is 15.9 Å². The number of nitrogens with one attached hydrogen (secondary N) is 1. The predicted octanol–water partition coefficient (Wildman–Crippen LogP) is 2.37. The summed E-state index contributed by atoms with van der Waals surface area (Å²) >= 11 is 3.12. The van der Waals surface area contributed by atoms with Gasteiger partial charge in [-0.05, 0) is 34.1 Å². The van der Waals surface area contributed by atoms with E-state index in [9.17, 15) is 12.8 Å². The molecule has 1 aromatic heterocycles. The fourth-order valence-corrected chi connectivity index (χ4v) is 2.98. The van der Waals surface area contributed by atoms with E-state index in [1.54, 1.807) is 0 Å². The first-order chi connectivity index (χ1) is 8.90. The van der Waals surface area contributed by atoms with Gasteiger partial charge in [0.25, 0.3) is 10.0 Å². The van der Waals surface area contributed by atoms with E-state index in [-0.39, 0.29) is 16.3 Å². The molecule has 0 spiro atoms. The summed E-state index contributed by atoms with van der Waals surface area (Å²) in [5, 5.41) is 0. The van der Waals surface area contributed by atoms with Crippen LogP contribution in [0.15, 0.2) is 46.0 Å². The van der Waals surface area contributed by atoms with Crippen molar-refractivity contribution in [1.82, 2.24) is 4.98 Å².